The first-order chi connectivity index (χ1) is 13.0. The van der Waals surface area contributed by atoms with Crippen LogP contribution in [0, 0.1) is 5.92 Å². The lowest BCUT2D eigenvalue weighted by Gasteiger charge is -2.21. The number of carbonyl (C=O) groups is 1. The minimum absolute atomic E-state index is 0.133. The van der Waals surface area contributed by atoms with Gasteiger partial charge >= 0.3 is 0 Å². The molecule has 1 aliphatic heterocycles. The maximum absolute atomic E-state index is 12.4. The Bertz CT molecular complexity index is 864. The second-order valence-electron chi connectivity index (χ2n) is 6.88. The second kappa shape index (κ2) is 8.67. The predicted molar refractivity (Wildman–Crippen MR) is 102 cm³/mol. The van der Waals surface area contributed by atoms with Crippen molar-refractivity contribution in [1.29, 1.82) is 0 Å². The Labute approximate surface area is 160 Å². The van der Waals surface area contributed by atoms with E-state index in [0.29, 0.717) is 39.0 Å². The molecule has 0 radical (unpaired) electrons. The summed E-state index contributed by atoms with van der Waals surface area (Å²) in [5.74, 6) is 0.277. The van der Waals surface area contributed by atoms with Gasteiger partial charge in [0.25, 0.3) is 0 Å². The van der Waals surface area contributed by atoms with Gasteiger partial charge < -0.3 is 4.90 Å². The fraction of sp³-hybridized carbons (Fsp3) is 0.474. The maximum Gasteiger partial charge on any atom is 0.243 e. The molecule has 7 nitrogen and oxygen atoms in total. The normalized spacial score (nSPS) is 18.5. The summed E-state index contributed by atoms with van der Waals surface area (Å²) in [7, 11) is -3.57. The Hall–Kier alpha value is -2.19. The molecule has 2 aromatic rings. The van der Waals surface area contributed by atoms with Crippen LogP contribution in [0.15, 0.2) is 47.6 Å². The number of aryl methyl sites for hydroxylation is 1. The molecule has 1 saturated heterocycles. The third-order valence-corrected chi connectivity index (χ3v) is 6.33. The van der Waals surface area contributed by atoms with Gasteiger partial charge in [-0.15, -0.1) is 0 Å². The highest BCUT2D eigenvalue weighted by atomic mass is 32.2. The van der Waals surface area contributed by atoms with Crippen molar-refractivity contribution < 1.29 is 13.2 Å². The van der Waals surface area contributed by atoms with Crippen molar-refractivity contribution >= 4 is 15.9 Å². The first kappa shape index (κ1) is 19.6. The van der Waals surface area contributed by atoms with Crippen LogP contribution in [0.25, 0.3) is 0 Å². The number of rotatable bonds is 7. The van der Waals surface area contributed by atoms with E-state index in [1.54, 1.807) is 4.68 Å². The summed E-state index contributed by atoms with van der Waals surface area (Å²) >= 11 is 0. The molecule has 2 heterocycles. The second-order valence-corrected chi connectivity index (χ2v) is 8.64. The van der Waals surface area contributed by atoms with Crippen LogP contribution >= 0.6 is 0 Å². The fourth-order valence-electron chi connectivity index (χ4n) is 3.24. The van der Waals surface area contributed by atoms with Crippen LogP contribution in [0.1, 0.15) is 31.7 Å². The van der Waals surface area contributed by atoms with Crippen LogP contribution in [0.5, 0.6) is 0 Å². The SMILES string of the molecule is CCn1cc(S(=O)(=O)NCC2CCC(=O)N(Cc3ccccc3)CC2)cn1. The minimum atomic E-state index is -3.57. The summed E-state index contributed by atoms with van der Waals surface area (Å²) in [6.45, 7) is 4.12. The molecular formula is C19H26N4O3S. The molecule has 1 unspecified atom stereocenters. The molecule has 0 saturated carbocycles. The van der Waals surface area contributed by atoms with Crippen LogP contribution in [-0.4, -0.2) is 42.1 Å². The van der Waals surface area contributed by atoms with Gasteiger partial charge in [0.1, 0.15) is 4.90 Å². The molecule has 1 atom stereocenters. The van der Waals surface area contributed by atoms with E-state index in [1.807, 2.05) is 42.2 Å². The molecule has 0 aliphatic carbocycles. The molecular weight excluding hydrogens is 364 g/mol. The van der Waals surface area contributed by atoms with Crippen LogP contribution in [-0.2, 0) is 27.9 Å². The monoisotopic (exact) mass is 390 g/mol. The van der Waals surface area contributed by atoms with Crippen LogP contribution in [0.2, 0.25) is 0 Å². The van der Waals surface area contributed by atoms with Crippen LogP contribution in [0.3, 0.4) is 0 Å². The van der Waals surface area contributed by atoms with E-state index in [1.165, 1.54) is 12.4 Å². The number of likely N-dealkylation sites (tertiary alicyclic amines) is 1. The van der Waals surface area contributed by atoms with Crippen molar-refractivity contribution in [3.63, 3.8) is 0 Å². The molecule has 1 fully saturated rings. The van der Waals surface area contributed by atoms with Gasteiger partial charge in [-0.05, 0) is 31.2 Å². The zero-order valence-corrected chi connectivity index (χ0v) is 16.4. The minimum Gasteiger partial charge on any atom is -0.338 e. The molecule has 1 aromatic heterocycles. The van der Waals surface area contributed by atoms with Gasteiger partial charge in [0.15, 0.2) is 0 Å². The summed E-state index contributed by atoms with van der Waals surface area (Å²) in [5.41, 5.74) is 1.11. The van der Waals surface area contributed by atoms with E-state index >= 15 is 0 Å². The highest BCUT2D eigenvalue weighted by Crippen LogP contribution is 2.20. The molecule has 3 rings (SSSR count). The quantitative estimate of drug-likeness (QED) is 0.784. The summed E-state index contributed by atoms with van der Waals surface area (Å²) in [6, 6.07) is 9.92. The molecule has 1 amide bonds. The lowest BCUT2D eigenvalue weighted by molar-refractivity contribution is -0.131. The van der Waals surface area contributed by atoms with E-state index in [-0.39, 0.29) is 16.7 Å². The predicted octanol–water partition coefficient (Wildman–Crippen LogP) is 2.01. The van der Waals surface area contributed by atoms with Crippen molar-refractivity contribution in [2.45, 2.75) is 44.2 Å². The highest BCUT2D eigenvalue weighted by Gasteiger charge is 2.24. The number of amides is 1. The first-order valence-electron chi connectivity index (χ1n) is 9.31. The zero-order chi connectivity index (χ0) is 19.3. The van der Waals surface area contributed by atoms with Gasteiger partial charge in [-0.3, -0.25) is 9.48 Å². The number of nitrogens with zero attached hydrogens (tertiary/aromatic N) is 3. The molecule has 8 heteroatoms. The molecule has 0 spiro atoms. The van der Waals surface area contributed by atoms with Crippen molar-refractivity contribution in [2.75, 3.05) is 13.1 Å². The number of benzene rings is 1. The lowest BCUT2D eigenvalue weighted by atomic mass is 10.0. The van der Waals surface area contributed by atoms with Crippen molar-refractivity contribution in [3.05, 3.63) is 48.3 Å². The van der Waals surface area contributed by atoms with Crippen molar-refractivity contribution in [2.24, 2.45) is 5.92 Å². The van der Waals surface area contributed by atoms with Gasteiger partial charge in [0.2, 0.25) is 15.9 Å². The van der Waals surface area contributed by atoms with E-state index in [0.717, 1.165) is 12.0 Å². The number of carbonyl (C=O) groups excluding carboxylic acids is 1. The smallest absolute Gasteiger partial charge is 0.243 e. The number of aromatic nitrogens is 2. The van der Waals surface area contributed by atoms with E-state index in [9.17, 15) is 13.2 Å². The van der Waals surface area contributed by atoms with E-state index in [2.05, 4.69) is 9.82 Å². The summed E-state index contributed by atoms with van der Waals surface area (Å²) < 4.78 is 29.1. The van der Waals surface area contributed by atoms with E-state index < -0.39 is 10.0 Å². The molecule has 146 valence electrons. The number of sulfonamides is 1. The average Bonchev–Trinajstić information content (AvgIpc) is 3.10. The fourth-order valence-corrected chi connectivity index (χ4v) is 4.30. The summed E-state index contributed by atoms with van der Waals surface area (Å²) in [5, 5.41) is 4.02. The van der Waals surface area contributed by atoms with Gasteiger partial charge in [-0.25, -0.2) is 13.1 Å². The maximum atomic E-state index is 12.4. The standard InChI is InChI=1S/C19H26N4O3S/c1-2-23-15-18(13-20-23)27(25,26)21-12-16-8-9-19(24)22(11-10-16)14-17-6-4-3-5-7-17/h3-7,13,15-16,21H,2,8-12,14H2,1H3. The highest BCUT2D eigenvalue weighted by molar-refractivity contribution is 7.89. The van der Waals surface area contributed by atoms with Crippen molar-refractivity contribution in [3.8, 4) is 0 Å². The Morgan fingerprint density at radius 3 is 2.70 bits per heavy atom. The first-order valence-corrected chi connectivity index (χ1v) is 10.8. The van der Waals surface area contributed by atoms with Gasteiger partial charge in [0, 0.05) is 38.8 Å². The number of hydrogen-bond acceptors (Lipinski definition) is 4. The van der Waals surface area contributed by atoms with E-state index in [4.69, 9.17) is 0 Å². The Balaban J connectivity index is 1.55. The topological polar surface area (TPSA) is 84.3 Å². The number of hydrogen-bond donors (Lipinski definition) is 1. The van der Waals surface area contributed by atoms with Gasteiger partial charge in [0.05, 0.1) is 6.20 Å². The van der Waals surface area contributed by atoms with Gasteiger partial charge in [-0.2, -0.15) is 5.10 Å². The Morgan fingerprint density at radius 1 is 1.22 bits per heavy atom. The third kappa shape index (κ3) is 5.17. The Morgan fingerprint density at radius 2 is 2.00 bits per heavy atom. The lowest BCUT2D eigenvalue weighted by Crippen LogP contribution is -2.31. The van der Waals surface area contributed by atoms with Crippen molar-refractivity contribution in [1.82, 2.24) is 19.4 Å². The largest absolute Gasteiger partial charge is 0.338 e. The zero-order valence-electron chi connectivity index (χ0n) is 15.5. The molecule has 1 aromatic carbocycles. The van der Waals surface area contributed by atoms with Crippen LogP contribution < -0.4 is 4.72 Å². The summed E-state index contributed by atoms with van der Waals surface area (Å²) in [4.78, 5) is 14.4. The molecule has 27 heavy (non-hydrogen) atoms. The van der Waals surface area contributed by atoms with Crippen LogP contribution in [0.4, 0.5) is 0 Å². The Kier molecular flexibility index (Phi) is 6.28. The third-order valence-electron chi connectivity index (χ3n) is 4.95. The molecule has 1 N–H and O–H groups in total. The average molecular weight is 391 g/mol. The molecule has 1 aliphatic rings. The summed E-state index contributed by atoms with van der Waals surface area (Å²) in [6.07, 6.45) is 4.83. The molecule has 0 bridgehead atoms. The van der Waals surface area contributed by atoms with Gasteiger partial charge in [-0.1, -0.05) is 30.3 Å². The number of nitrogens with one attached hydrogen (secondary N) is 1.